The third kappa shape index (κ3) is 6.22. The fourth-order valence-electron chi connectivity index (χ4n) is 2.15. The molecule has 0 radical (unpaired) electrons. The summed E-state index contributed by atoms with van der Waals surface area (Å²) in [6.45, 7) is -0.151. The van der Waals surface area contributed by atoms with Crippen molar-refractivity contribution in [2.24, 2.45) is 0 Å². The summed E-state index contributed by atoms with van der Waals surface area (Å²) in [7, 11) is 0. The van der Waals surface area contributed by atoms with Crippen molar-refractivity contribution in [3.05, 3.63) is 67.8 Å². The highest BCUT2D eigenvalue weighted by Gasteiger charge is 2.31. The molecule has 1 amide bonds. The third-order valence-electron chi connectivity index (χ3n) is 3.53. The van der Waals surface area contributed by atoms with Crippen LogP contribution in [-0.2, 0) is 6.18 Å². The van der Waals surface area contributed by atoms with Gasteiger partial charge in [0.15, 0.2) is 0 Å². The summed E-state index contributed by atoms with van der Waals surface area (Å²) >= 11 is 11.4. The number of nitrogens with one attached hydrogen (secondary N) is 1. The average Bonchev–Trinajstić information content (AvgIpc) is 2.63. The van der Waals surface area contributed by atoms with Crippen LogP contribution in [0, 0.1) is 10.1 Å². The molecule has 13 heteroatoms. The normalized spacial score (nSPS) is 11.5. The van der Waals surface area contributed by atoms with Gasteiger partial charge in [0.05, 0.1) is 21.1 Å². The van der Waals surface area contributed by atoms with Crippen LogP contribution in [0.5, 0.6) is 5.88 Å². The maximum Gasteiger partial charge on any atom is 0.416 e. The van der Waals surface area contributed by atoms with Gasteiger partial charge in [-0.15, -0.1) is 0 Å². The van der Waals surface area contributed by atoms with Gasteiger partial charge in [-0.3, -0.25) is 14.9 Å². The largest absolute Gasteiger partial charge is 0.473 e. The van der Waals surface area contributed by atoms with Crippen LogP contribution in [0.3, 0.4) is 0 Å². The zero-order valence-corrected chi connectivity index (χ0v) is 16.4. The van der Waals surface area contributed by atoms with E-state index in [9.17, 15) is 28.1 Å². The highest BCUT2D eigenvalue weighted by molar-refractivity contribution is 6.34. The zero-order chi connectivity index (χ0) is 22.5. The Hall–Kier alpha value is -3.05. The quantitative estimate of drug-likeness (QED) is 0.207. The smallest absolute Gasteiger partial charge is 0.416 e. The first-order valence-electron chi connectivity index (χ1n) is 8.03. The fraction of sp³-hybridized carbons (Fsp3) is 0.176. The molecule has 1 aromatic carbocycles. The van der Waals surface area contributed by atoms with Crippen LogP contribution in [0.1, 0.15) is 15.9 Å². The Morgan fingerprint density at radius 3 is 2.60 bits per heavy atom. The van der Waals surface area contributed by atoms with Gasteiger partial charge in [-0.25, -0.2) is 4.98 Å². The van der Waals surface area contributed by atoms with Crippen molar-refractivity contribution in [2.45, 2.75) is 6.18 Å². The molecule has 30 heavy (non-hydrogen) atoms. The minimum absolute atomic E-state index is 0.00648. The molecule has 8 nitrogen and oxygen atoms in total. The molecule has 0 fully saturated rings. The number of hydrogen-bond donors (Lipinski definition) is 2. The molecule has 0 unspecified atom stereocenters. The third-order valence-corrected chi connectivity index (χ3v) is 4.04. The van der Waals surface area contributed by atoms with Gasteiger partial charge in [0.25, 0.3) is 11.6 Å². The predicted octanol–water partition coefficient (Wildman–Crippen LogP) is 4.26. The van der Waals surface area contributed by atoms with E-state index in [1.165, 1.54) is 12.2 Å². The second-order valence-electron chi connectivity index (χ2n) is 5.65. The number of halogens is 5. The van der Waals surface area contributed by atoms with E-state index in [4.69, 9.17) is 33.7 Å². The van der Waals surface area contributed by atoms with Crippen LogP contribution in [0.15, 0.2) is 36.4 Å². The highest BCUT2D eigenvalue weighted by atomic mass is 35.5. The van der Waals surface area contributed by atoms with Gasteiger partial charge < -0.3 is 15.8 Å². The van der Waals surface area contributed by atoms with Crippen molar-refractivity contribution in [2.75, 3.05) is 18.9 Å². The Morgan fingerprint density at radius 1 is 1.27 bits per heavy atom. The number of hydrogen-bond acceptors (Lipinski definition) is 6. The molecule has 0 aliphatic heterocycles. The van der Waals surface area contributed by atoms with Crippen molar-refractivity contribution >= 4 is 40.5 Å². The van der Waals surface area contributed by atoms with E-state index >= 15 is 0 Å². The fourth-order valence-corrected chi connectivity index (χ4v) is 2.61. The number of carbonyl (C=O) groups is 1. The predicted molar refractivity (Wildman–Crippen MR) is 104 cm³/mol. The van der Waals surface area contributed by atoms with E-state index in [1.807, 2.05) is 0 Å². The standard InChI is InChI=1S/C17H13Cl2F3N4O4/c18-11-8-12(23)13(26(28)29)7-10(11)16(27)24-3-1-2-4-30-15-6-9(17(20,21)22)5-14(19)25-15/h1-2,5-8H,3-4,23H2,(H,24,27)/b2-1+. The zero-order valence-electron chi connectivity index (χ0n) is 14.9. The summed E-state index contributed by atoms with van der Waals surface area (Å²) in [5, 5.41) is 12.9. The number of anilines is 1. The highest BCUT2D eigenvalue weighted by Crippen LogP contribution is 2.32. The van der Waals surface area contributed by atoms with Gasteiger partial charge in [-0.05, 0) is 18.2 Å². The molecule has 0 bridgehead atoms. The van der Waals surface area contributed by atoms with Crippen LogP contribution >= 0.6 is 23.2 Å². The second-order valence-corrected chi connectivity index (χ2v) is 6.45. The number of nitrogens with two attached hydrogens (primary N) is 1. The van der Waals surface area contributed by atoms with Gasteiger partial charge in [0, 0.05) is 18.7 Å². The molecule has 1 aromatic heterocycles. The SMILES string of the molecule is Nc1cc(Cl)c(C(=O)NC/C=C/COc2cc(C(F)(F)F)cc(Cl)n2)cc1[N+](=O)[O-]. The maximum atomic E-state index is 12.7. The van der Waals surface area contributed by atoms with Crippen LogP contribution in [0.25, 0.3) is 0 Å². The van der Waals surface area contributed by atoms with E-state index < -0.39 is 28.3 Å². The van der Waals surface area contributed by atoms with Crippen LogP contribution in [-0.4, -0.2) is 29.0 Å². The molecule has 0 spiro atoms. The van der Waals surface area contributed by atoms with Gasteiger partial charge in [-0.1, -0.05) is 29.3 Å². The molecule has 0 aliphatic carbocycles. The molecule has 3 N–H and O–H groups in total. The molecule has 0 saturated carbocycles. The summed E-state index contributed by atoms with van der Waals surface area (Å²) in [5.74, 6) is -0.996. The number of amides is 1. The second kappa shape index (κ2) is 9.63. The number of carbonyl (C=O) groups excluding carboxylic acids is 1. The van der Waals surface area contributed by atoms with Crippen LogP contribution in [0.4, 0.5) is 24.5 Å². The lowest BCUT2D eigenvalue weighted by Crippen LogP contribution is -2.24. The number of ether oxygens (including phenoxy) is 1. The molecular formula is C17H13Cl2F3N4O4. The lowest BCUT2D eigenvalue weighted by atomic mass is 10.1. The topological polar surface area (TPSA) is 120 Å². The van der Waals surface area contributed by atoms with Crippen molar-refractivity contribution in [3.63, 3.8) is 0 Å². The number of nitrogen functional groups attached to an aromatic ring is 1. The van der Waals surface area contributed by atoms with Gasteiger partial charge in [-0.2, -0.15) is 13.2 Å². The van der Waals surface area contributed by atoms with Crippen molar-refractivity contribution in [1.82, 2.24) is 10.3 Å². The number of alkyl halides is 3. The van der Waals surface area contributed by atoms with E-state index in [0.29, 0.717) is 12.1 Å². The van der Waals surface area contributed by atoms with Crippen molar-refractivity contribution in [1.29, 1.82) is 0 Å². The van der Waals surface area contributed by atoms with Crippen LogP contribution in [0.2, 0.25) is 10.2 Å². The van der Waals surface area contributed by atoms with Crippen LogP contribution < -0.4 is 15.8 Å². The lowest BCUT2D eigenvalue weighted by molar-refractivity contribution is -0.383. The first-order chi connectivity index (χ1) is 14.0. The Bertz CT molecular complexity index is 1000. The average molecular weight is 465 g/mol. The van der Waals surface area contributed by atoms with E-state index in [0.717, 1.165) is 12.1 Å². The minimum Gasteiger partial charge on any atom is -0.473 e. The Morgan fingerprint density at radius 2 is 1.97 bits per heavy atom. The number of nitro benzene ring substituents is 1. The number of benzene rings is 1. The van der Waals surface area contributed by atoms with Crippen molar-refractivity contribution < 1.29 is 27.6 Å². The van der Waals surface area contributed by atoms with Gasteiger partial charge in [0.1, 0.15) is 17.4 Å². The number of rotatable bonds is 7. The summed E-state index contributed by atoms with van der Waals surface area (Å²) in [6.07, 6.45) is -1.72. The Labute approximate surface area is 177 Å². The van der Waals surface area contributed by atoms with Crippen molar-refractivity contribution in [3.8, 4) is 5.88 Å². The Balaban J connectivity index is 1.91. The summed E-state index contributed by atoms with van der Waals surface area (Å²) in [4.78, 5) is 25.9. The maximum absolute atomic E-state index is 12.7. The molecule has 0 atom stereocenters. The van der Waals surface area contributed by atoms with E-state index in [-0.39, 0.29) is 40.5 Å². The number of aromatic nitrogens is 1. The number of nitrogens with zero attached hydrogens (tertiary/aromatic N) is 2. The van der Waals surface area contributed by atoms with E-state index in [2.05, 4.69) is 10.3 Å². The minimum atomic E-state index is -4.59. The molecule has 0 saturated heterocycles. The van der Waals surface area contributed by atoms with Gasteiger partial charge >= 0.3 is 6.18 Å². The van der Waals surface area contributed by atoms with Gasteiger partial charge in [0.2, 0.25) is 5.88 Å². The van der Waals surface area contributed by atoms with E-state index in [1.54, 1.807) is 0 Å². The first kappa shape index (κ1) is 23.2. The molecule has 1 heterocycles. The molecule has 2 rings (SSSR count). The Kier molecular flexibility index (Phi) is 7.46. The number of pyridine rings is 1. The molecule has 0 aliphatic rings. The molecule has 160 valence electrons. The summed E-state index contributed by atoms with van der Waals surface area (Å²) in [6, 6.07) is 3.44. The lowest BCUT2D eigenvalue weighted by Gasteiger charge is -2.09. The summed E-state index contributed by atoms with van der Waals surface area (Å²) in [5.41, 5.74) is 3.71. The monoisotopic (exact) mass is 464 g/mol. The number of nitro groups is 1. The molecular weight excluding hydrogens is 452 g/mol. The first-order valence-corrected chi connectivity index (χ1v) is 8.79. The molecule has 2 aromatic rings. The summed E-state index contributed by atoms with van der Waals surface area (Å²) < 4.78 is 43.2.